The van der Waals surface area contributed by atoms with Gasteiger partial charge in [0.05, 0.1) is 22.6 Å². The van der Waals surface area contributed by atoms with E-state index in [9.17, 15) is 28.7 Å². The van der Waals surface area contributed by atoms with Crippen molar-refractivity contribution in [3.63, 3.8) is 0 Å². The monoisotopic (exact) mass is 839 g/mol. The predicted octanol–water partition coefficient (Wildman–Crippen LogP) is 8.51. The van der Waals surface area contributed by atoms with Crippen LogP contribution in [-0.4, -0.2) is 62.1 Å². The third kappa shape index (κ3) is 11.2. The summed E-state index contributed by atoms with van der Waals surface area (Å²) in [6, 6.07) is 24.3. The molecule has 1 atom stereocenters. The fourth-order valence-electron chi connectivity index (χ4n) is 6.62. The molecule has 0 aliphatic heterocycles. The average molecular weight is 840 g/mol. The van der Waals surface area contributed by atoms with E-state index in [0.717, 1.165) is 51.9 Å². The maximum atomic E-state index is 12.9. The number of aromatic nitrogens is 1. The molecule has 0 amide bonds. The Balaban J connectivity index is 1.41. The van der Waals surface area contributed by atoms with E-state index in [1.807, 2.05) is 56.3 Å². The van der Waals surface area contributed by atoms with E-state index in [2.05, 4.69) is 23.3 Å². The van der Waals surface area contributed by atoms with Crippen molar-refractivity contribution in [2.24, 2.45) is 5.41 Å². The lowest BCUT2D eigenvalue weighted by Crippen LogP contribution is -2.32. The van der Waals surface area contributed by atoms with Crippen molar-refractivity contribution in [1.29, 1.82) is 5.26 Å². The molecule has 5 aromatic rings. The van der Waals surface area contributed by atoms with Gasteiger partial charge < -0.3 is 29.7 Å². The Bertz CT molecular complexity index is 2450. The zero-order valence-corrected chi connectivity index (χ0v) is 35.5. The molecule has 0 fully saturated rings. The second-order valence-electron chi connectivity index (χ2n) is 14.8. The van der Waals surface area contributed by atoms with Crippen LogP contribution in [-0.2, 0) is 34.3 Å². The maximum Gasteiger partial charge on any atom is 0.311 e. The fourth-order valence-corrected chi connectivity index (χ4v) is 7.69. The molecular formula is C46H50ClN3O8S. The van der Waals surface area contributed by atoms with E-state index >= 15 is 0 Å². The molecule has 5 rings (SSSR count). The van der Waals surface area contributed by atoms with Gasteiger partial charge >= 0.3 is 5.97 Å². The minimum Gasteiger partial charge on any atom is -0.491 e. The van der Waals surface area contributed by atoms with Crippen molar-refractivity contribution in [2.75, 3.05) is 32.6 Å². The Hall–Kier alpha value is -5.45. The Morgan fingerprint density at radius 1 is 0.881 bits per heavy atom. The van der Waals surface area contributed by atoms with E-state index in [1.54, 1.807) is 36.5 Å². The summed E-state index contributed by atoms with van der Waals surface area (Å²) in [4.78, 5) is 16.2. The number of carboxylic acid groups (broad SMARTS) is 1. The number of aliphatic hydroxyl groups is 1. The molecule has 310 valence electrons. The van der Waals surface area contributed by atoms with Crippen LogP contribution in [0.25, 0.3) is 22.3 Å². The van der Waals surface area contributed by atoms with Crippen molar-refractivity contribution >= 4 is 27.4 Å². The molecule has 0 aliphatic carbocycles. The highest BCUT2D eigenvalue weighted by Crippen LogP contribution is 2.39. The van der Waals surface area contributed by atoms with E-state index < -0.39 is 27.8 Å². The molecule has 0 bridgehead atoms. The SMILES string of the molecule is CCCNCCOc1ccc(-c2cccc(-c3cccc(COc4cc(OCc5cncc(C#N)c5)c(CC[C@](C)(CO)C(=O)O)cc4Cl)c3C)c2C)cc1S(C)(=O)=O. The molecule has 0 saturated carbocycles. The molecule has 0 spiro atoms. The van der Waals surface area contributed by atoms with Gasteiger partial charge in [-0.1, -0.05) is 61.0 Å². The number of carbonyl (C=O) groups is 1. The smallest absolute Gasteiger partial charge is 0.311 e. The van der Waals surface area contributed by atoms with Crippen LogP contribution in [0.4, 0.5) is 0 Å². The molecule has 13 heteroatoms. The number of aliphatic carboxylic acids is 1. The predicted molar refractivity (Wildman–Crippen MR) is 229 cm³/mol. The number of pyridine rings is 1. The standard InChI is InChI=1S/C46H50ClN3O8S/c1-6-17-49-18-19-56-41-14-13-34(22-44(41)59(5,54)55)37-10-8-12-39(31(37)3)38-11-7-9-36(30(38)2)28-58-43-23-42(57-27-33-20-32(24-48)25-50-26-33)35(21-40(43)47)15-16-46(4,29-51)45(52)53/h7-14,20-23,25-26,49,51H,6,15-19,27-29H2,1-5H3,(H,52,53)/t46-/m1/s1. The summed E-state index contributed by atoms with van der Waals surface area (Å²) >= 11 is 6.79. The topological polar surface area (TPSA) is 168 Å². The lowest BCUT2D eigenvalue weighted by molar-refractivity contribution is -0.150. The summed E-state index contributed by atoms with van der Waals surface area (Å²) in [5.41, 5.74) is 6.79. The Morgan fingerprint density at radius 2 is 1.59 bits per heavy atom. The van der Waals surface area contributed by atoms with E-state index in [4.69, 9.17) is 25.8 Å². The third-order valence-corrected chi connectivity index (χ3v) is 11.7. The number of nitrogens with zero attached hydrogens (tertiary/aromatic N) is 2. The fraction of sp³-hybridized carbons (Fsp3) is 0.326. The average Bonchev–Trinajstić information content (AvgIpc) is 3.22. The summed E-state index contributed by atoms with van der Waals surface area (Å²) in [5, 5.41) is 32.5. The molecule has 1 heterocycles. The number of nitriles is 1. The molecule has 3 N–H and O–H groups in total. The molecule has 0 aliphatic rings. The first-order valence-corrected chi connectivity index (χ1v) is 21.6. The van der Waals surface area contributed by atoms with Crippen LogP contribution in [0.5, 0.6) is 17.2 Å². The van der Waals surface area contributed by atoms with Crippen LogP contribution in [0.2, 0.25) is 5.02 Å². The van der Waals surface area contributed by atoms with Crippen molar-refractivity contribution in [3.05, 3.63) is 124 Å². The number of carboxylic acids is 1. The van der Waals surface area contributed by atoms with Gasteiger partial charge in [-0.2, -0.15) is 5.26 Å². The number of halogens is 1. The number of aliphatic hydroxyl groups excluding tert-OH is 1. The largest absolute Gasteiger partial charge is 0.491 e. The van der Waals surface area contributed by atoms with Crippen LogP contribution < -0.4 is 19.5 Å². The minimum atomic E-state index is -3.59. The number of rotatable bonds is 20. The summed E-state index contributed by atoms with van der Waals surface area (Å²) < 4.78 is 44.2. The first-order valence-electron chi connectivity index (χ1n) is 19.3. The summed E-state index contributed by atoms with van der Waals surface area (Å²) in [6.45, 7) is 9.13. The first-order chi connectivity index (χ1) is 28.2. The van der Waals surface area contributed by atoms with Crippen LogP contribution in [0.15, 0.2) is 90.1 Å². The minimum absolute atomic E-state index is 0.0800. The highest BCUT2D eigenvalue weighted by molar-refractivity contribution is 7.90. The Kier molecular flexibility index (Phi) is 15.1. The van der Waals surface area contributed by atoms with E-state index in [0.29, 0.717) is 52.1 Å². The van der Waals surface area contributed by atoms with Crippen molar-refractivity contribution in [2.45, 2.75) is 65.1 Å². The molecule has 11 nitrogen and oxygen atoms in total. The maximum absolute atomic E-state index is 12.9. The van der Waals surface area contributed by atoms with Gasteiger partial charge in [0.2, 0.25) is 0 Å². The van der Waals surface area contributed by atoms with Crippen molar-refractivity contribution in [3.8, 4) is 45.6 Å². The number of aryl methyl sites for hydroxylation is 1. The van der Waals surface area contributed by atoms with Crippen LogP contribution in [0.3, 0.4) is 0 Å². The molecule has 0 radical (unpaired) electrons. The van der Waals surface area contributed by atoms with Gasteiger partial charge in [-0.15, -0.1) is 0 Å². The van der Waals surface area contributed by atoms with Gasteiger partial charge in [0, 0.05) is 36.8 Å². The van der Waals surface area contributed by atoms with Crippen molar-refractivity contribution in [1.82, 2.24) is 10.3 Å². The zero-order valence-electron chi connectivity index (χ0n) is 34.0. The molecule has 1 aromatic heterocycles. The van der Waals surface area contributed by atoms with Gasteiger partial charge in [0.15, 0.2) is 9.84 Å². The number of sulfone groups is 1. The van der Waals surface area contributed by atoms with Gasteiger partial charge in [-0.3, -0.25) is 9.78 Å². The van der Waals surface area contributed by atoms with Crippen LogP contribution in [0.1, 0.15) is 60.1 Å². The van der Waals surface area contributed by atoms with Gasteiger partial charge in [0.1, 0.15) is 48.0 Å². The zero-order chi connectivity index (χ0) is 42.7. The van der Waals surface area contributed by atoms with Gasteiger partial charge in [-0.25, -0.2) is 8.42 Å². The van der Waals surface area contributed by atoms with Crippen LogP contribution >= 0.6 is 11.6 Å². The molecule has 4 aromatic carbocycles. The first kappa shape index (κ1) is 44.6. The number of hydrogen-bond acceptors (Lipinski definition) is 10. The summed E-state index contributed by atoms with van der Waals surface area (Å²) in [6.07, 6.45) is 5.61. The highest BCUT2D eigenvalue weighted by Gasteiger charge is 2.32. The summed E-state index contributed by atoms with van der Waals surface area (Å²) in [5.74, 6) is -0.0187. The highest BCUT2D eigenvalue weighted by atomic mass is 35.5. The molecule has 0 saturated heterocycles. The second-order valence-corrected chi connectivity index (χ2v) is 17.2. The van der Waals surface area contributed by atoms with E-state index in [1.165, 1.54) is 19.4 Å². The van der Waals surface area contributed by atoms with E-state index in [-0.39, 0.29) is 31.0 Å². The quantitative estimate of drug-likeness (QED) is 0.0643. The number of nitrogens with one attached hydrogen (secondary N) is 1. The number of benzene rings is 4. The number of ether oxygens (including phenoxy) is 3. The second kappa shape index (κ2) is 20.0. The molecule has 0 unspecified atom stereocenters. The Morgan fingerprint density at radius 3 is 2.29 bits per heavy atom. The van der Waals surface area contributed by atoms with Gasteiger partial charge in [-0.05, 0) is 115 Å². The Labute approximate surface area is 351 Å². The lowest BCUT2D eigenvalue weighted by Gasteiger charge is -2.23. The lowest BCUT2D eigenvalue weighted by atomic mass is 9.85. The summed E-state index contributed by atoms with van der Waals surface area (Å²) in [7, 11) is -3.59. The normalized spacial score (nSPS) is 12.4. The van der Waals surface area contributed by atoms with Crippen LogP contribution in [0, 0.1) is 30.6 Å². The number of hydrogen-bond donors (Lipinski definition) is 3. The third-order valence-electron chi connectivity index (χ3n) is 10.3. The van der Waals surface area contributed by atoms with Crippen molar-refractivity contribution < 1.29 is 37.6 Å². The molecular weight excluding hydrogens is 790 g/mol. The van der Waals surface area contributed by atoms with Gasteiger partial charge in [0.25, 0.3) is 0 Å². The molecule has 59 heavy (non-hydrogen) atoms.